The molecule has 3 saturated heterocycles. The van der Waals surface area contributed by atoms with Crippen molar-refractivity contribution in [2.75, 3.05) is 26.2 Å². The number of urea groups is 1. The molecule has 0 N–H and O–H groups in total. The van der Waals surface area contributed by atoms with Gasteiger partial charge in [-0.1, -0.05) is 35.5 Å². The molecule has 2 bridgehead atoms. The number of amides is 4. The highest BCUT2D eigenvalue weighted by molar-refractivity contribution is 5.77. The highest BCUT2D eigenvalue weighted by Gasteiger charge is 2.63. The van der Waals surface area contributed by atoms with Crippen molar-refractivity contribution in [3.8, 4) is 0 Å². The third kappa shape index (κ3) is 7.52. The lowest BCUT2D eigenvalue weighted by Gasteiger charge is -2.39. The van der Waals surface area contributed by atoms with Gasteiger partial charge in [0.05, 0.1) is 12.1 Å². The smallest absolute Gasteiger partial charge is 0.410 e. The molecule has 4 fully saturated rings. The van der Waals surface area contributed by atoms with Gasteiger partial charge in [0.15, 0.2) is 0 Å². The summed E-state index contributed by atoms with van der Waals surface area (Å²) in [4.78, 5) is 51.1. The average Bonchev–Trinajstić information content (AvgIpc) is 3.49. The molecule has 2 aromatic rings. The van der Waals surface area contributed by atoms with Crippen molar-refractivity contribution < 1.29 is 33.2 Å². The number of hydroxylamine groups is 2. The van der Waals surface area contributed by atoms with E-state index in [1.807, 2.05) is 82.8 Å². The van der Waals surface area contributed by atoms with Crippen LogP contribution in [0, 0.1) is 5.41 Å². The van der Waals surface area contributed by atoms with Gasteiger partial charge in [0.1, 0.15) is 29.3 Å². The van der Waals surface area contributed by atoms with E-state index < -0.39 is 11.2 Å². The molecule has 0 radical (unpaired) electrons. The molecule has 12 heteroatoms. The molecule has 4 aliphatic rings. The average molecular weight is 652 g/mol. The van der Waals surface area contributed by atoms with E-state index in [1.165, 1.54) is 0 Å². The summed E-state index contributed by atoms with van der Waals surface area (Å²) in [5.74, 6) is 0.649. The summed E-state index contributed by atoms with van der Waals surface area (Å²) >= 11 is 0. The quantitative estimate of drug-likeness (QED) is 0.326. The van der Waals surface area contributed by atoms with Crippen molar-refractivity contribution in [1.82, 2.24) is 24.9 Å². The van der Waals surface area contributed by atoms with Gasteiger partial charge in [0.2, 0.25) is 0 Å². The SMILES string of the molecule is CC(C)(C)OC(=O)N1CCC(N(CCc2cc([C@@H]3CC4(CC4)[C@H]4CN3C(=O)N4OCc3ccccc3)no2)C(=O)OC(C)(C)C)CC1. The largest absolute Gasteiger partial charge is 0.444 e. The third-order valence-electron chi connectivity index (χ3n) is 9.58. The fourth-order valence-corrected chi connectivity index (χ4v) is 7.02. The third-order valence-corrected chi connectivity index (χ3v) is 9.58. The zero-order valence-electron chi connectivity index (χ0n) is 28.6. The molecular weight excluding hydrogens is 602 g/mol. The predicted octanol–water partition coefficient (Wildman–Crippen LogP) is 6.32. The number of likely N-dealkylation sites (tertiary alicyclic amines) is 1. The Morgan fingerprint density at radius 3 is 2.34 bits per heavy atom. The van der Waals surface area contributed by atoms with Crippen LogP contribution in [-0.2, 0) is 27.3 Å². The first-order valence-electron chi connectivity index (χ1n) is 16.9. The molecule has 6 rings (SSSR count). The van der Waals surface area contributed by atoms with Gasteiger partial charge < -0.3 is 28.7 Å². The van der Waals surface area contributed by atoms with Gasteiger partial charge in [-0.3, -0.25) is 4.84 Å². The Morgan fingerprint density at radius 1 is 1.02 bits per heavy atom. The van der Waals surface area contributed by atoms with Crippen LogP contribution in [0.4, 0.5) is 14.4 Å². The fraction of sp³-hybridized carbons (Fsp3) is 0.657. The van der Waals surface area contributed by atoms with Crippen molar-refractivity contribution in [1.29, 1.82) is 0 Å². The first kappa shape index (κ1) is 33.1. The Kier molecular flexibility index (Phi) is 8.92. The number of carbonyl (C=O) groups is 3. The van der Waals surface area contributed by atoms with Crippen molar-refractivity contribution in [3.05, 3.63) is 53.4 Å². The molecule has 1 aromatic carbocycles. The van der Waals surface area contributed by atoms with Crippen LogP contribution >= 0.6 is 0 Å². The molecule has 1 aromatic heterocycles. The van der Waals surface area contributed by atoms with Gasteiger partial charge in [-0.25, -0.2) is 14.4 Å². The van der Waals surface area contributed by atoms with E-state index in [4.69, 9.17) is 18.8 Å². The van der Waals surface area contributed by atoms with Crippen LogP contribution in [0.5, 0.6) is 0 Å². The first-order chi connectivity index (χ1) is 22.2. The molecule has 47 heavy (non-hydrogen) atoms. The number of rotatable bonds is 8. The number of ether oxygens (including phenoxy) is 2. The molecule has 1 spiro atoms. The second kappa shape index (κ2) is 12.7. The number of piperidine rings is 2. The van der Waals surface area contributed by atoms with Gasteiger partial charge >= 0.3 is 18.2 Å². The molecule has 2 atom stereocenters. The van der Waals surface area contributed by atoms with E-state index in [-0.39, 0.29) is 41.8 Å². The monoisotopic (exact) mass is 651 g/mol. The molecule has 12 nitrogen and oxygen atoms in total. The Bertz CT molecular complexity index is 1440. The summed E-state index contributed by atoms with van der Waals surface area (Å²) in [6, 6.07) is 11.4. The maximum absolute atomic E-state index is 13.6. The van der Waals surface area contributed by atoms with Crippen molar-refractivity contribution in [2.45, 2.75) is 116 Å². The summed E-state index contributed by atoms with van der Waals surface area (Å²) in [7, 11) is 0. The van der Waals surface area contributed by atoms with E-state index in [0.717, 1.165) is 30.5 Å². The summed E-state index contributed by atoms with van der Waals surface area (Å²) in [6.07, 6.45) is 3.89. The number of carbonyl (C=O) groups excluding carboxylic acids is 3. The summed E-state index contributed by atoms with van der Waals surface area (Å²) in [5.41, 5.74) is 0.573. The van der Waals surface area contributed by atoms with Crippen molar-refractivity contribution in [2.24, 2.45) is 5.41 Å². The maximum atomic E-state index is 13.6. The maximum Gasteiger partial charge on any atom is 0.410 e. The molecule has 256 valence electrons. The Hall–Kier alpha value is -3.80. The van der Waals surface area contributed by atoms with Crippen LogP contribution in [0.2, 0.25) is 0 Å². The standard InChI is InChI=1S/C35H49N5O7/c1-33(2,3)45-31(42)37-17-12-25(13-18-37)38(32(43)46-34(4,5)6)19-14-26-20-27(36-47-26)28-21-35(15-16-35)29-22-39(28)30(41)40(29)44-23-24-10-8-7-9-11-24/h7-11,20,25,28-29H,12-19,21-23H2,1-6H3/t28-,29+/m0/s1. The lowest BCUT2D eigenvalue weighted by molar-refractivity contribution is -0.153. The number of aromatic nitrogens is 1. The van der Waals surface area contributed by atoms with Gasteiger partial charge in [0.25, 0.3) is 0 Å². The van der Waals surface area contributed by atoms with Gasteiger partial charge in [0, 0.05) is 44.7 Å². The lowest BCUT2D eigenvalue weighted by atomic mass is 9.84. The molecule has 4 amide bonds. The van der Waals surface area contributed by atoms with E-state index >= 15 is 0 Å². The number of benzene rings is 1. The number of fused-ring (bicyclic) bond motifs is 3. The second-order valence-corrected chi connectivity index (χ2v) is 15.5. The van der Waals surface area contributed by atoms with Gasteiger partial charge in [-0.15, -0.1) is 0 Å². The van der Waals surface area contributed by atoms with Crippen LogP contribution in [0.15, 0.2) is 40.9 Å². The lowest BCUT2D eigenvalue weighted by Crippen LogP contribution is -2.51. The number of hydrogen-bond acceptors (Lipinski definition) is 8. The van der Waals surface area contributed by atoms with Crippen LogP contribution in [0.3, 0.4) is 0 Å². The molecule has 1 saturated carbocycles. The molecular formula is C35H49N5O7. The Balaban J connectivity index is 1.10. The summed E-state index contributed by atoms with van der Waals surface area (Å²) in [6.45, 7) is 13.4. The molecule has 1 aliphatic carbocycles. The topological polar surface area (TPSA) is 118 Å². The van der Waals surface area contributed by atoms with E-state index in [1.54, 1.807) is 14.9 Å². The minimum absolute atomic E-state index is 0.0325. The predicted molar refractivity (Wildman–Crippen MR) is 172 cm³/mol. The summed E-state index contributed by atoms with van der Waals surface area (Å²) in [5, 5.41) is 6.04. The summed E-state index contributed by atoms with van der Waals surface area (Å²) < 4.78 is 17.2. The minimum atomic E-state index is -0.648. The van der Waals surface area contributed by atoms with Gasteiger partial charge in [-0.05, 0) is 84.6 Å². The highest BCUT2D eigenvalue weighted by atomic mass is 16.7. The zero-order chi connectivity index (χ0) is 33.6. The van der Waals surface area contributed by atoms with E-state index in [9.17, 15) is 14.4 Å². The van der Waals surface area contributed by atoms with Crippen LogP contribution in [-0.4, -0.2) is 92.6 Å². The van der Waals surface area contributed by atoms with Crippen LogP contribution in [0.25, 0.3) is 0 Å². The van der Waals surface area contributed by atoms with Crippen molar-refractivity contribution >= 4 is 18.2 Å². The van der Waals surface area contributed by atoms with Crippen LogP contribution in [0.1, 0.15) is 96.7 Å². The molecule has 4 heterocycles. The molecule has 3 aliphatic heterocycles. The minimum Gasteiger partial charge on any atom is -0.444 e. The highest BCUT2D eigenvalue weighted by Crippen LogP contribution is 2.61. The Morgan fingerprint density at radius 2 is 1.70 bits per heavy atom. The normalized spacial score (nSPS) is 22.5. The first-order valence-corrected chi connectivity index (χ1v) is 16.9. The number of nitrogens with zero attached hydrogens (tertiary/aromatic N) is 5. The van der Waals surface area contributed by atoms with Crippen LogP contribution < -0.4 is 0 Å². The number of hydrogen-bond donors (Lipinski definition) is 0. The fourth-order valence-electron chi connectivity index (χ4n) is 7.02. The van der Waals surface area contributed by atoms with E-state index in [2.05, 4.69) is 5.16 Å². The molecule has 0 unspecified atom stereocenters. The van der Waals surface area contributed by atoms with E-state index in [0.29, 0.717) is 57.8 Å². The van der Waals surface area contributed by atoms with Crippen molar-refractivity contribution in [3.63, 3.8) is 0 Å². The van der Waals surface area contributed by atoms with Gasteiger partial charge in [-0.2, -0.15) is 5.06 Å². The second-order valence-electron chi connectivity index (χ2n) is 15.5. The Labute approximate surface area is 277 Å². The zero-order valence-corrected chi connectivity index (χ0v) is 28.6.